The van der Waals surface area contributed by atoms with Gasteiger partial charge in [-0.2, -0.15) is 5.10 Å². The summed E-state index contributed by atoms with van der Waals surface area (Å²) in [5.74, 6) is 0.806. The molecule has 0 spiro atoms. The van der Waals surface area contributed by atoms with Crippen LogP contribution in [0.15, 0.2) is 16.7 Å². The molecule has 1 aliphatic heterocycles. The average molecular weight is 302 g/mol. The van der Waals surface area contributed by atoms with Gasteiger partial charge in [-0.1, -0.05) is 19.0 Å². The van der Waals surface area contributed by atoms with Gasteiger partial charge in [0.25, 0.3) is 5.91 Å². The minimum absolute atomic E-state index is 0.0728. The van der Waals surface area contributed by atoms with Gasteiger partial charge < -0.3 is 9.42 Å². The van der Waals surface area contributed by atoms with Gasteiger partial charge in [-0.15, -0.1) is 0 Å². The molecular weight excluding hydrogens is 280 g/mol. The van der Waals surface area contributed by atoms with Crippen molar-refractivity contribution < 1.29 is 9.32 Å². The first-order valence-corrected chi connectivity index (χ1v) is 7.82. The van der Waals surface area contributed by atoms with Crippen LogP contribution in [0.2, 0.25) is 0 Å². The maximum atomic E-state index is 12.6. The topological polar surface area (TPSA) is 75.0 Å². The second kappa shape index (κ2) is 5.94. The first-order valence-electron chi connectivity index (χ1n) is 7.82. The number of carbonyl (C=O) groups is 1. The van der Waals surface area contributed by atoms with E-state index in [9.17, 15) is 4.79 Å². The molecule has 1 amide bonds. The number of amides is 1. The summed E-state index contributed by atoms with van der Waals surface area (Å²) in [7, 11) is 0. The zero-order valence-corrected chi connectivity index (χ0v) is 13.3. The second-order valence-corrected chi connectivity index (χ2v) is 6.34. The predicted molar refractivity (Wildman–Crippen MR) is 81.8 cm³/mol. The summed E-state index contributed by atoms with van der Waals surface area (Å²) in [5.41, 5.74) is 2.91. The lowest BCUT2D eigenvalue weighted by Gasteiger charge is -2.31. The van der Waals surface area contributed by atoms with Crippen molar-refractivity contribution in [2.24, 2.45) is 0 Å². The van der Waals surface area contributed by atoms with Gasteiger partial charge in [0.2, 0.25) is 5.76 Å². The molecule has 6 heteroatoms. The van der Waals surface area contributed by atoms with E-state index in [0.717, 1.165) is 36.5 Å². The fourth-order valence-corrected chi connectivity index (χ4v) is 2.87. The average Bonchev–Trinajstić information content (AvgIpc) is 3.15. The van der Waals surface area contributed by atoms with Crippen molar-refractivity contribution in [3.8, 4) is 0 Å². The Hall–Kier alpha value is -2.11. The molecule has 0 bridgehead atoms. The normalized spacial score (nSPS) is 18.9. The van der Waals surface area contributed by atoms with Crippen molar-refractivity contribution >= 4 is 5.91 Å². The zero-order chi connectivity index (χ0) is 15.7. The number of rotatable bonds is 3. The lowest BCUT2D eigenvalue weighted by Crippen LogP contribution is -2.39. The van der Waals surface area contributed by atoms with Gasteiger partial charge >= 0.3 is 0 Å². The van der Waals surface area contributed by atoms with Crippen LogP contribution in [-0.4, -0.2) is 39.3 Å². The number of hydrogen-bond donors (Lipinski definition) is 1. The van der Waals surface area contributed by atoms with E-state index in [0.29, 0.717) is 12.3 Å². The van der Waals surface area contributed by atoms with Crippen LogP contribution in [0, 0.1) is 6.92 Å². The van der Waals surface area contributed by atoms with Gasteiger partial charge in [-0.25, -0.2) is 0 Å². The minimum Gasteiger partial charge on any atom is -0.351 e. The number of hydrogen-bond acceptors (Lipinski definition) is 4. The molecule has 0 saturated carbocycles. The summed E-state index contributed by atoms with van der Waals surface area (Å²) in [4.78, 5) is 14.4. The van der Waals surface area contributed by atoms with E-state index in [-0.39, 0.29) is 17.7 Å². The molecule has 3 rings (SSSR count). The van der Waals surface area contributed by atoms with Crippen molar-refractivity contribution in [2.45, 2.75) is 45.4 Å². The van der Waals surface area contributed by atoms with Crippen LogP contribution in [-0.2, 0) is 0 Å². The number of aromatic nitrogens is 3. The van der Waals surface area contributed by atoms with Gasteiger partial charge in [0.15, 0.2) is 0 Å². The Balaban J connectivity index is 1.72. The number of H-pyrrole nitrogens is 1. The summed E-state index contributed by atoms with van der Waals surface area (Å²) in [6.07, 6.45) is 2.04. The number of aromatic amines is 1. The molecular formula is C16H22N4O2. The molecule has 22 heavy (non-hydrogen) atoms. The molecule has 0 aliphatic carbocycles. The van der Waals surface area contributed by atoms with E-state index < -0.39 is 0 Å². The van der Waals surface area contributed by atoms with Crippen molar-refractivity contribution in [1.29, 1.82) is 0 Å². The summed E-state index contributed by atoms with van der Waals surface area (Å²) < 4.78 is 5.22. The highest BCUT2D eigenvalue weighted by Gasteiger charge is 2.29. The van der Waals surface area contributed by atoms with E-state index in [1.165, 1.54) is 0 Å². The molecule has 118 valence electrons. The molecule has 2 aromatic rings. The standard InChI is InChI=1S/C16H22N4O2/c1-10(2)13-8-15(22-19-13)16(21)20-6-4-5-12(9-20)14-7-11(3)17-18-14/h7-8,10,12H,4-6,9H2,1-3H3,(H,17,18)/t12-/m1/s1. The summed E-state index contributed by atoms with van der Waals surface area (Å²) in [5, 5.41) is 11.3. The Morgan fingerprint density at radius 3 is 2.91 bits per heavy atom. The number of likely N-dealkylation sites (tertiary alicyclic amines) is 1. The third-order valence-electron chi connectivity index (χ3n) is 4.18. The molecule has 6 nitrogen and oxygen atoms in total. The molecule has 3 heterocycles. The third-order valence-corrected chi connectivity index (χ3v) is 4.18. The van der Waals surface area contributed by atoms with Crippen LogP contribution >= 0.6 is 0 Å². The summed E-state index contributed by atoms with van der Waals surface area (Å²) in [6.45, 7) is 7.49. The Bertz CT molecular complexity index is 659. The van der Waals surface area contributed by atoms with Crippen LogP contribution in [0.3, 0.4) is 0 Å². The van der Waals surface area contributed by atoms with E-state index in [1.807, 2.05) is 25.7 Å². The van der Waals surface area contributed by atoms with Crippen molar-refractivity contribution in [3.05, 3.63) is 35.0 Å². The van der Waals surface area contributed by atoms with E-state index in [2.05, 4.69) is 21.4 Å². The molecule has 0 aromatic carbocycles. The van der Waals surface area contributed by atoms with E-state index in [1.54, 1.807) is 6.07 Å². The predicted octanol–water partition coefficient (Wildman–Crippen LogP) is 2.85. The number of nitrogens with one attached hydrogen (secondary N) is 1. The maximum Gasteiger partial charge on any atom is 0.292 e. The number of piperidine rings is 1. The number of aryl methyl sites for hydroxylation is 1. The third kappa shape index (κ3) is 2.91. The van der Waals surface area contributed by atoms with Crippen LogP contribution in [0.25, 0.3) is 0 Å². The molecule has 1 atom stereocenters. The van der Waals surface area contributed by atoms with Crippen molar-refractivity contribution in [1.82, 2.24) is 20.3 Å². The first kappa shape index (κ1) is 14.8. The quantitative estimate of drug-likeness (QED) is 0.946. The SMILES string of the molecule is Cc1cc([C@@H]2CCCN(C(=O)c3cc(C(C)C)no3)C2)n[nH]1. The lowest BCUT2D eigenvalue weighted by atomic mass is 9.94. The summed E-state index contributed by atoms with van der Waals surface area (Å²) in [6, 6.07) is 3.82. The van der Waals surface area contributed by atoms with E-state index in [4.69, 9.17) is 4.52 Å². The smallest absolute Gasteiger partial charge is 0.292 e. The van der Waals surface area contributed by atoms with Crippen LogP contribution < -0.4 is 0 Å². The Morgan fingerprint density at radius 1 is 1.45 bits per heavy atom. The van der Waals surface area contributed by atoms with Crippen molar-refractivity contribution in [2.75, 3.05) is 13.1 Å². The Labute approximate surface area is 129 Å². The molecule has 2 aromatic heterocycles. The monoisotopic (exact) mass is 302 g/mol. The molecule has 0 radical (unpaired) electrons. The molecule has 1 fully saturated rings. The Kier molecular flexibility index (Phi) is 4.00. The van der Waals surface area contributed by atoms with Gasteiger partial charge in [-0.3, -0.25) is 9.89 Å². The fraction of sp³-hybridized carbons (Fsp3) is 0.562. The first-order chi connectivity index (χ1) is 10.5. The zero-order valence-electron chi connectivity index (χ0n) is 13.3. The van der Waals surface area contributed by atoms with Gasteiger partial charge in [0.05, 0.1) is 11.4 Å². The van der Waals surface area contributed by atoms with Gasteiger partial charge in [0.1, 0.15) is 0 Å². The molecule has 0 unspecified atom stereocenters. The molecule has 1 N–H and O–H groups in total. The van der Waals surface area contributed by atoms with Crippen LogP contribution in [0.5, 0.6) is 0 Å². The van der Waals surface area contributed by atoms with Crippen LogP contribution in [0.4, 0.5) is 0 Å². The highest BCUT2D eigenvalue weighted by Crippen LogP contribution is 2.27. The highest BCUT2D eigenvalue weighted by molar-refractivity contribution is 5.91. The fourth-order valence-electron chi connectivity index (χ4n) is 2.87. The largest absolute Gasteiger partial charge is 0.351 e. The van der Waals surface area contributed by atoms with Gasteiger partial charge in [-0.05, 0) is 31.7 Å². The summed E-state index contributed by atoms with van der Waals surface area (Å²) >= 11 is 0. The Morgan fingerprint density at radius 2 is 2.27 bits per heavy atom. The van der Waals surface area contributed by atoms with Gasteiger partial charge in [0, 0.05) is 30.8 Å². The maximum absolute atomic E-state index is 12.6. The lowest BCUT2D eigenvalue weighted by molar-refractivity contribution is 0.0663. The second-order valence-electron chi connectivity index (χ2n) is 6.34. The minimum atomic E-state index is -0.0728. The molecule has 1 saturated heterocycles. The molecule has 1 aliphatic rings. The number of nitrogens with zero attached hydrogens (tertiary/aromatic N) is 3. The van der Waals surface area contributed by atoms with E-state index >= 15 is 0 Å². The van der Waals surface area contributed by atoms with Crippen molar-refractivity contribution in [3.63, 3.8) is 0 Å². The number of carbonyl (C=O) groups excluding carboxylic acids is 1. The van der Waals surface area contributed by atoms with Crippen LogP contribution in [0.1, 0.15) is 66.2 Å². The highest BCUT2D eigenvalue weighted by atomic mass is 16.5.